The fraction of sp³-hybridized carbons (Fsp3) is 0.429. The molecule has 1 heterocycles. The largest absolute Gasteiger partial charge is 0.480 e. The first-order valence-electron chi connectivity index (χ1n) is 4.19. The molecule has 9 nitrogen and oxygen atoms in total. The molecule has 2 unspecified atom stereocenters. The molecule has 1 rings (SSSR count). The van der Waals surface area contributed by atoms with Gasteiger partial charge in [0.2, 0.25) is 0 Å². The lowest BCUT2D eigenvalue weighted by atomic mass is 10.1. The number of nitro groups is 1. The van der Waals surface area contributed by atoms with E-state index >= 15 is 0 Å². The van der Waals surface area contributed by atoms with E-state index in [1.54, 1.807) is 0 Å². The molecule has 0 fully saturated rings. The Bertz CT molecular complexity index is 428. The van der Waals surface area contributed by atoms with Crippen LogP contribution in [0.25, 0.3) is 0 Å². The lowest BCUT2D eigenvalue weighted by Gasteiger charge is -2.14. The molecule has 0 bridgehead atoms. The van der Waals surface area contributed by atoms with E-state index in [2.05, 4.69) is 5.10 Å². The Morgan fingerprint density at radius 3 is 2.75 bits per heavy atom. The zero-order chi connectivity index (χ0) is 12.5. The summed E-state index contributed by atoms with van der Waals surface area (Å²) in [4.78, 5) is 20.4. The van der Waals surface area contributed by atoms with Crippen LogP contribution in [0, 0.1) is 10.1 Å². The highest BCUT2D eigenvalue weighted by Gasteiger charge is 2.33. The molecule has 0 amide bonds. The second kappa shape index (κ2) is 4.24. The van der Waals surface area contributed by atoms with Gasteiger partial charge in [-0.05, 0) is 0 Å². The maximum Gasteiger partial charge on any atom is 0.323 e. The number of hydrogen-bond donors (Lipinski definition) is 3. The molecule has 2 atom stereocenters. The second-order valence-corrected chi connectivity index (χ2v) is 3.10. The Morgan fingerprint density at radius 1 is 1.75 bits per heavy atom. The number of aromatic nitrogens is 2. The van der Waals surface area contributed by atoms with E-state index in [4.69, 9.17) is 10.8 Å². The molecule has 0 saturated heterocycles. The van der Waals surface area contributed by atoms with Crippen molar-refractivity contribution in [3.8, 4) is 0 Å². The van der Waals surface area contributed by atoms with Crippen LogP contribution in [0.15, 0.2) is 6.20 Å². The number of aliphatic hydroxyl groups is 1. The molecule has 0 radical (unpaired) electrons. The normalized spacial score (nSPS) is 14.4. The first-order chi connectivity index (χ1) is 7.36. The van der Waals surface area contributed by atoms with E-state index in [0.717, 1.165) is 10.9 Å². The number of nitrogens with zero attached hydrogens (tertiary/aromatic N) is 3. The molecular formula is C7H10N4O5. The van der Waals surface area contributed by atoms with Crippen LogP contribution in [0.3, 0.4) is 0 Å². The first kappa shape index (κ1) is 12.1. The second-order valence-electron chi connectivity index (χ2n) is 3.10. The monoisotopic (exact) mass is 230 g/mol. The van der Waals surface area contributed by atoms with Gasteiger partial charge in [-0.15, -0.1) is 0 Å². The van der Waals surface area contributed by atoms with Crippen molar-refractivity contribution in [2.24, 2.45) is 12.8 Å². The highest BCUT2D eigenvalue weighted by Crippen LogP contribution is 2.25. The van der Waals surface area contributed by atoms with Crippen LogP contribution in [0.5, 0.6) is 0 Å². The zero-order valence-corrected chi connectivity index (χ0v) is 8.27. The fourth-order valence-corrected chi connectivity index (χ4v) is 1.22. The Labute approximate surface area is 89.2 Å². The number of carboxylic acid groups (broad SMARTS) is 1. The van der Waals surface area contributed by atoms with Crippen molar-refractivity contribution in [2.45, 2.75) is 12.1 Å². The summed E-state index contributed by atoms with van der Waals surface area (Å²) in [5.41, 5.74) is 4.47. The van der Waals surface area contributed by atoms with E-state index in [9.17, 15) is 20.0 Å². The van der Waals surface area contributed by atoms with Crippen LogP contribution in [0.1, 0.15) is 11.8 Å². The Morgan fingerprint density at radius 2 is 2.31 bits per heavy atom. The van der Waals surface area contributed by atoms with Crippen molar-refractivity contribution in [1.82, 2.24) is 9.78 Å². The quantitative estimate of drug-likeness (QED) is 0.433. The van der Waals surface area contributed by atoms with Gasteiger partial charge in [-0.2, -0.15) is 5.10 Å². The molecule has 0 aromatic carbocycles. The molecule has 0 aliphatic carbocycles. The van der Waals surface area contributed by atoms with Crippen molar-refractivity contribution in [2.75, 3.05) is 0 Å². The number of carbonyl (C=O) groups is 1. The summed E-state index contributed by atoms with van der Waals surface area (Å²) < 4.78 is 1.02. The Hall–Kier alpha value is -2.00. The minimum Gasteiger partial charge on any atom is -0.480 e. The predicted molar refractivity (Wildman–Crippen MR) is 50.4 cm³/mol. The summed E-state index contributed by atoms with van der Waals surface area (Å²) in [5, 5.41) is 32.3. The van der Waals surface area contributed by atoms with Crippen LogP contribution < -0.4 is 5.73 Å². The van der Waals surface area contributed by atoms with Crippen LogP contribution in [0.2, 0.25) is 0 Å². The van der Waals surface area contributed by atoms with Crippen molar-refractivity contribution < 1.29 is 19.9 Å². The Kier molecular flexibility index (Phi) is 3.20. The molecular weight excluding hydrogens is 220 g/mol. The van der Waals surface area contributed by atoms with Gasteiger partial charge in [0.25, 0.3) is 0 Å². The highest BCUT2D eigenvalue weighted by atomic mass is 16.6. The third kappa shape index (κ3) is 1.99. The molecule has 0 saturated carbocycles. The minimum atomic E-state index is -1.69. The third-order valence-electron chi connectivity index (χ3n) is 2.07. The summed E-state index contributed by atoms with van der Waals surface area (Å²) in [7, 11) is 1.35. The number of aliphatic carboxylic acids is 1. The average molecular weight is 230 g/mol. The summed E-state index contributed by atoms with van der Waals surface area (Å²) >= 11 is 0. The van der Waals surface area contributed by atoms with Crippen molar-refractivity contribution in [3.05, 3.63) is 22.0 Å². The summed E-state index contributed by atoms with van der Waals surface area (Å²) in [5.74, 6) is -1.46. The number of hydrogen-bond acceptors (Lipinski definition) is 6. The topological polar surface area (TPSA) is 145 Å². The lowest BCUT2D eigenvalue weighted by Crippen LogP contribution is -2.37. The number of rotatable bonds is 4. The van der Waals surface area contributed by atoms with Gasteiger partial charge in [-0.3, -0.25) is 19.6 Å². The SMILES string of the molecule is Cn1ncc([N+](=O)[O-])c1C(O)C(N)C(=O)O. The van der Waals surface area contributed by atoms with Gasteiger partial charge < -0.3 is 15.9 Å². The zero-order valence-electron chi connectivity index (χ0n) is 8.27. The number of aliphatic hydroxyl groups excluding tert-OH is 1. The van der Waals surface area contributed by atoms with Crippen molar-refractivity contribution >= 4 is 11.7 Å². The standard InChI is InChI=1S/C7H10N4O5/c1-10-5(3(2-9-10)11(15)16)6(12)4(8)7(13)14/h2,4,6,12H,8H2,1H3,(H,13,14). The predicted octanol–water partition coefficient (Wildman–Crippen LogP) is -1.23. The summed E-state index contributed by atoms with van der Waals surface area (Å²) in [6, 6.07) is -1.64. The molecule has 0 aliphatic rings. The van der Waals surface area contributed by atoms with Crippen molar-refractivity contribution in [3.63, 3.8) is 0 Å². The minimum absolute atomic E-state index is 0.236. The number of nitrogens with two attached hydrogens (primary N) is 1. The van der Waals surface area contributed by atoms with Crippen LogP contribution in [-0.4, -0.2) is 36.9 Å². The Balaban J connectivity index is 3.16. The van der Waals surface area contributed by atoms with E-state index in [-0.39, 0.29) is 5.69 Å². The van der Waals surface area contributed by atoms with E-state index in [1.165, 1.54) is 7.05 Å². The molecule has 88 valence electrons. The van der Waals surface area contributed by atoms with Gasteiger partial charge >= 0.3 is 11.7 Å². The molecule has 0 aliphatic heterocycles. The summed E-state index contributed by atoms with van der Waals surface area (Å²) in [6.45, 7) is 0. The lowest BCUT2D eigenvalue weighted by molar-refractivity contribution is -0.386. The molecule has 1 aromatic heterocycles. The molecule has 9 heteroatoms. The highest BCUT2D eigenvalue weighted by molar-refractivity contribution is 5.74. The number of carboxylic acids is 1. The van der Waals surface area contributed by atoms with Gasteiger partial charge in [-0.1, -0.05) is 0 Å². The van der Waals surface area contributed by atoms with Crippen LogP contribution in [-0.2, 0) is 11.8 Å². The smallest absolute Gasteiger partial charge is 0.323 e. The van der Waals surface area contributed by atoms with Gasteiger partial charge in [0, 0.05) is 7.05 Å². The average Bonchev–Trinajstić information content (AvgIpc) is 2.57. The maximum atomic E-state index is 10.6. The molecule has 4 N–H and O–H groups in total. The number of aryl methyl sites for hydroxylation is 1. The van der Waals surface area contributed by atoms with Crippen LogP contribution in [0.4, 0.5) is 5.69 Å². The maximum absolute atomic E-state index is 10.6. The third-order valence-corrected chi connectivity index (χ3v) is 2.07. The van der Waals surface area contributed by atoms with Gasteiger partial charge in [0.05, 0.1) is 4.92 Å². The molecule has 0 spiro atoms. The van der Waals surface area contributed by atoms with Crippen LogP contribution >= 0.6 is 0 Å². The van der Waals surface area contributed by atoms with Gasteiger partial charge in [0.1, 0.15) is 24.0 Å². The first-order valence-corrected chi connectivity index (χ1v) is 4.19. The molecule has 1 aromatic rings. The van der Waals surface area contributed by atoms with E-state index in [1.807, 2.05) is 0 Å². The van der Waals surface area contributed by atoms with Gasteiger partial charge in [0.15, 0.2) is 0 Å². The fourth-order valence-electron chi connectivity index (χ4n) is 1.22. The van der Waals surface area contributed by atoms with Crippen molar-refractivity contribution in [1.29, 1.82) is 0 Å². The molecule has 16 heavy (non-hydrogen) atoms. The van der Waals surface area contributed by atoms with Gasteiger partial charge in [-0.25, -0.2) is 0 Å². The van der Waals surface area contributed by atoms with E-state index < -0.39 is 28.7 Å². The van der Waals surface area contributed by atoms with E-state index in [0.29, 0.717) is 0 Å². The summed E-state index contributed by atoms with van der Waals surface area (Å²) in [6.07, 6.45) is -0.766.